The van der Waals surface area contributed by atoms with E-state index in [4.69, 9.17) is 16.0 Å². The van der Waals surface area contributed by atoms with Crippen LogP contribution in [-0.4, -0.2) is 24.4 Å². The number of benzene rings is 1. The van der Waals surface area contributed by atoms with Crippen LogP contribution in [0.5, 0.6) is 11.5 Å². The van der Waals surface area contributed by atoms with Gasteiger partial charge in [-0.1, -0.05) is 11.6 Å². The van der Waals surface area contributed by atoms with Gasteiger partial charge in [0.05, 0.1) is 11.3 Å². The lowest BCUT2D eigenvalue weighted by Gasteiger charge is -2.02. The van der Waals surface area contributed by atoms with Gasteiger partial charge in [-0.25, -0.2) is 17.5 Å². The molecule has 0 unspecified atom stereocenters. The smallest absolute Gasteiger partial charge is 0.253 e. The number of rotatable bonds is 4. The van der Waals surface area contributed by atoms with Crippen LogP contribution in [0.3, 0.4) is 0 Å². The summed E-state index contributed by atoms with van der Waals surface area (Å²) in [7, 11) is -3.73. The van der Waals surface area contributed by atoms with E-state index in [-0.39, 0.29) is 16.3 Å². The molecule has 0 aliphatic heterocycles. The molecule has 0 radical (unpaired) electrons. The summed E-state index contributed by atoms with van der Waals surface area (Å²) in [5.41, 5.74) is -0.172. The minimum absolute atomic E-state index is 0.137. The van der Waals surface area contributed by atoms with Crippen LogP contribution in [0.15, 0.2) is 22.6 Å². The second-order valence-electron chi connectivity index (χ2n) is 4.09. The lowest BCUT2D eigenvalue weighted by Crippen LogP contribution is -2.14. The third-order valence-corrected chi connectivity index (χ3v) is 4.15. The SMILES string of the molecule is CCS(=O)(=O)Nc1oc(-c2ccc(Cl)cc2F)c(O)c1O. The monoisotopic (exact) mass is 335 g/mol. The summed E-state index contributed by atoms with van der Waals surface area (Å²) in [5, 5.41) is 19.6. The van der Waals surface area contributed by atoms with Crippen LogP contribution >= 0.6 is 11.6 Å². The Labute approximate surface area is 124 Å². The molecule has 0 saturated carbocycles. The molecule has 0 fully saturated rings. The van der Waals surface area contributed by atoms with Crippen molar-refractivity contribution in [3.63, 3.8) is 0 Å². The molecule has 0 aliphatic rings. The maximum atomic E-state index is 13.8. The first kappa shape index (κ1) is 15.5. The molecule has 3 N–H and O–H groups in total. The van der Waals surface area contributed by atoms with Gasteiger partial charge >= 0.3 is 0 Å². The van der Waals surface area contributed by atoms with Crippen molar-refractivity contribution in [2.45, 2.75) is 6.92 Å². The number of anilines is 1. The second-order valence-corrected chi connectivity index (χ2v) is 6.53. The summed E-state index contributed by atoms with van der Waals surface area (Å²) < 4.78 is 43.6. The molecule has 1 aromatic heterocycles. The van der Waals surface area contributed by atoms with Crippen molar-refractivity contribution < 1.29 is 27.4 Å². The molecule has 9 heteroatoms. The fourth-order valence-electron chi connectivity index (χ4n) is 1.55. The van der Waals surface area contributed by atoms with Crippen LogP contribution in [-0.2, 0) is 10.0 Å². The van der Waals surface area contributed by atoms with Crippen molar-refractivity contribution in [3.8, 4) is 22.8 Å². The topological polar surface area (TPSA) is 99.8 Å². The van der Waals surface area contributed by atoms with E-state index in [2.05, 4.69) is 0 Å². The number of hydrogen-bond acceptors (Lipinski definition) is 5. The Balaban J connectivity index is 2.52. The first-order valence-electron chi connectivity index (χ1n) is 5.75. The summed E-state index contributed by atoms with van der Waals surface area (Å²) in [6.45, 7) is 1.38. The van der Waals surface area contributed by atoms with Crippen molar-refractivity contribution in [1.29, 1.82) is 0 Å². The van der Waals surface area contributed by atoms with Crippen LogP contribution in [0.25, 0.3) is 11.3 Å². The Bertz CT molecular complexity index is 787. The van der Waals surface area contributed by atoms with Gasteiger partial charge in [-0.15, -0.1) is 0 Å². The molecule has 0 aliphatic carbocycles. The summed E-state index contributed by atoms with van der Waals surface area (Å²) in [6.07, 6.45) is 0. The number of furan rings is 1. The fraction of sp³-hybridized carbons (Fsp3) is 0.167. The molecule has 0 amide bonds. The van der Waals surface area contributed by atoms with Crippen LogP contribution in [0.4, 0.5) is 10.3 Å². The fourth-order valence-corrected chi connectivity index (χ4v) is 2.28. The van der Waals surface area contributed by atoms with E-state index in [1.165, 1.54) is 19.1 Å². The van der Waals surface area contributed by atoms with Gasteiger partial charge in [0.15, 0.2) is 5.76 Å². The van der Waals surface area contributed by atoms with Crippen molar-refractivity contribution in [3.05, 3.63) is 29.0 Å². The quantitative estimate of drug-likeness (QED) is 0.797. The molecule has 0 atom stereocenters. The Morgan fingerprint density at radius 2 is 2.00 bits per heavy atom. The average Bonchev–Trinajstić information content (AvgIpc) is 2.67. The van der Waals surface area contributed by atoms with Crippen LogP contribution < -0.4 is 4.72 Å². The molecule has 0 bridgehead atoms. The zero-order valence-corrected chi connectivity index (χ0v) is 12.3. The zero-order chi connectivity index (χ0) is 15.8. The molecule has 0 spiro atoms. The Hall–Kier alpha value is -1.93. The first-order valence-corrected chi connectivity index (χ1v) is 7.78. The lowest BCUT2D eigenvalue weighted by atomic mass is 10.1. The molecule has 2 rings (SSSR count). The second kappa shape index (κ2) is 5.45. The van der Waals surface area contributed by atoms with Crippen LogP contribution in [0.1, 0.15) is 6.92 Å². The van der Waals surface area contributed by atoms with Gasteiger partial charge in [-0.2, -0.15) is 0 Å². The van der Waals surface area contributed by atoms with E-state index < -0.39 is 39.0 Å². The summed E-state index contributed by atoms with van der Waals surface area (Å²) >= 11 is 5.61. The maximum Gasteiger partial charge on any atom is 0.253 e. The minimum atomic E-state index is -3.73. The highest BCUT2D eigenvalue weighted by Crippen LogP contribution is 2.46. The summed E-state index contributed by atoms with van der Waals surface area (Å²) in [4.78, 5) is 0. The Kier molecular flexibility index (Phi) is 4.02. The van der Waals surface area contributed by atoms with Gasteiger partial charge in [0.25, 0.3) is 5.88 Å². The van der Waals surface area contributed by atoms with Gasteiger partial charge in [0.1, 0.15) is 5.82 Å². The number of aromatic hydroxyl groups is 2. The van der Waals surface area contributed by atoms with Gasteiger partial charge in [0, 0.05) is 5.02 Å². The van der Waals surface area contributed by atoms with Crippen molar-refractivity contribution >= 4 is 27.5 Å². The van der Waals surface area contributed by atoms with E-state index in [9.17, 15) is 23.0 Å². The van der Waals surface area contributed by atoms with E-state index >= 15 is 0 Å². The predicted molar refractivity (Wildman–Crippen MR) is 75.5 cm³/mol. The van der Waals surface area contributed by atoms with Gasteiger partial charge in [0.2, 0.25) is 21.5 Å². The number of sulfonamides is 1. The van der Waals surface area contributed by atoms with Gasteiger partial charge in [-0.3, -0.25) is 0 Å². The largest absolute Gasteiger partial charge is 0.502 e. The van der Waals surface area contributed by atoms with Crippen LogP contribution in [0.2, 0.25) is 5.02 Å². The van der Waals surface area contributed by atoms with E-state index in [1.54, 1.807) is 0 Å². The molecule has 114 valence electrons. The normalized spacial score (nSPS) is 11.6. The third-order valence-electron chi connectivity index (χ3n) is 2.66. The minimum Gasteiger partial charge on any atom is -0.502 e. The lowest BCUT2D eigenvalue weighted by molar-refractivity contribution is 0.410. The molecule has 1 aromatic carbocycles. The Morgan fingerprint density at radius 1 is 1.33 bits per heavy atom. The van der Waals surface area contributed by atoms with Crippen molar-refractivity contribution in [2.24, 2.45) is 0 Å². The zero-order valence-electron chi connectivity index (χ0n) is 10.7. The summed E-state index contributed by atoms with van der Waals surface area (Å²) in [5.74, 6) is -3.65. The number of halogens is 2. The maximum absolute atomic E-state index is 13.8. The molecule has 6 nitrogen and oxygen atoms in total. The third kappa shape index (κ3) is 3.06. The van der Waals surface area contributed by atoms with Crippen LogP contribution in [0, 0.1) is 5.82 Å². The number of nitrogens with one attached hydrogen (secondary N) is 1. The molecule has 1 heterocycles. The van der Waals surface area contributed by atoms with Gasteiger partial charge < -0.3 is 14.6 Å². The molecule has 0 saturated heterocycles. The van der Waals surface area contributed by atoms with E-state index in [1.807, 2.05) is 4.72 Å². The Morgan fingerprint density at radius 3 is 2.57 bits per heavy atom. The molecular formula is C12H11ClFNO5S. The number of hydrogen-bond donors (Lipinski definition) is 3. The van der Waals surface area contributed by atoms with E-state index in [0.29, 0.717) is 0 Å². The highest BCUT2D eigenvalue weighted by molar-refractivity contribution is 7.92. The summed E-state index contributed by atoms with van der Waals surface area (Å²) in [6, 6.07) is 3.58. The van der Waals surface area contributed by atoms with Crippen molar-refractivity contribution in [1.82, 2.24) is 0 Å². The van der Waals surface area contributed by atoms with Crippen molar-refractivity contribution in [2.75, 3.05) is 10.5 Å². The van der Waals surface area contributed by atoms with E-state index in [0.717, 1.165) is 6.07 Å². The highest BCUT2D eigenvalue weighted by atomic mass is 35.5. The molecule has 2 aromatic rings. The predicted octanol–water partition coefficient (Wildman–Crippen LogP) is 2.91. The molecular weight excluding hydrogens is 325 g/mol. The average molecular weight is 336 g/mol. The highest BCUT2D eigenvalue weighted by Gasteiger charge is 2.25. The van der Waals surface area contributed by atoms with Gasteiger partial charge in [-0.05, 0) is 25.1 Å². The molecule has 21 heavy (non-hydrogen) atoms. The standard InChI is InChI=1S/C12H11ClFNO5S/c1-2-21(18,19)15-12-10(17)9(16)11(20-12)7-4-3-6(13)5-8(7)14/h3-5,15-17H,2H2,1H3. The first-order chi connectivity index (χ1) is 9.75.